The van der Waals surface area contributed by atoms with Crippen molar-refractivity contribution in [2.75, 3.05) is 0 Å². The smallest absolute Gasteiger partial charge is 0.320 e. The Morgan fingerprint density at radius 2 is 1.77 bits per heavy atom. The zero-order valence-corrected chi connectivity index (χ0v) is 8.62. The summed E-state index contributed by atoms with van der Waals surface area (Å²) in [5, 5.41) is 9.30. The third kappa shape index (κ3) is 3.23. The largest absolute Gasteiger partial charge is 0.447 e. The minimum atomic E-state index is -0.354. The van der Waals surface area contributed by atoms with Gasteiger partial charge < -0.3 is 5.02 Å². The van der Waals surface area contributed by atoms with Crippen LogP contribution in [0.4, 0.5) is 0 Å². The van der Waals surface area contributed by atoms with Gasteiger partial charge in [-0.25, -0.2) is 0 Å². The first-order valence-electron chi connectivity index (χ1n) is 4.86. The highest BCUT2D eigenvalue weighted by Gasteiger charge is 2.05. The Kier molecular flexibility index (Phi) is 3.55. The average Bonchev–Trinajstić information content (AvgIpc) is 2.04. The Hall–Kier alpha value is -0.755. The zero-order chi connectivity index (χ0) is 9.84. The Bertz CT molecular complexity index is 251. The van der Waals surface area contributed by atoms with Crippen LogP contribution in [0.3, 0.4) is 0 Å². The molecule has 0 aromatic heterocycles. The molecule has 1 aromatic carbocycles. The average molecular weight is 176 g/mol. The molecule has 0 unspecified atom stereocenters. The maximum Gasteiger partial charge on any atom is 0.320 e. The molecule has 0 aliphatic carbocycles. The van der Waals surface area contributed by atoms with Crippen molar-refractivity contribution < 1.29 is 5.02 Å². The summed E-state index contributed by atoms with van der Waals surface area (Å²) < 4.78 is 0. The van der Waals surface area contributed by atoms with E-state index in [1.54, 1.807) is 6.82 Å². The highest BCUT2D eigenvalue weighted by atomic mass is 16.2. The van der Waals surface area contributed by atoms with Crippen LogP contribution in [0.15, 0.2) is 24.3 Å². The molecule has 0 spiro atoms. The number of hydrogen-bond donors (Lipinski definition) is 1. The summed E-state index contributed by atoms with van der Waals surface area (Å²) in [6, 6.07) is 8.20. The standard InChI is InChI=1S/C11H17BO/c1-9(2)8-10-4-6-11(7-5-10)12(3)13/h4-7,9,13H,8H2,1-3H3. The van der Waals surface area contributed by atoms with Crippen molar-refractivity contribution in [2.24, 2.45) is 5.92 Å². The highest BCUT2D eigenvalue weighted by Crippen LogP contribution is 2.06. The molecule has 2 heteroatoms. The number of hydrogen-bond acceptors (Lipinski definition) is 1. The fourth-order valence-corrected chi connectivity index (χ4v) is 1.40. The van der Waals surface area contributed by atoms with Gasteiger partial charge in [-0.3, -0.25) is 0 Å². The molecule has 1 N–H and O–H groups in total. The Morgan fingerprint density at radius 1 is 1.23 bits per heavy atom. The monoisotopic (exact) mass is 176 g/mol. The molecule has 0 fully saturated rings. The van der Waals surface area contributed by atoms with Crippen LogP contribution in [0.2, 0.25) is 6.82 Å². The third-order valence-corrected chi connectivity index (χ3v) is 2.11. The number of rotatable bonds is 3. The molecule has 1 rings (SSSR count). The molecule has 0 amide bonds. The Labute approximate surface area is 80.9 Å². The first kappa shape index (κ1) is 10.3. The van der Waals surface area contributed by atoms with Crippen LogP contribution in [-0.2, 0) is 6.42 Å². The van der Waals surface area contributed by atoms with Gasteiger partial charge in [-0.15, -0.1) is 0 Å². The quantitative estimate of drug-likeness (QED) is 0.695. The molecule has 0 radical (unpaired) electrons. The van der Waals surface area contributed by atoms with Gasteiger partial charge in [0.05, 0.1) is 0 Å². The lowest BCUT2D eigenvalue weighted by Gasteiger charge is -2.06. The van der Waals surface area contributed by atoms with E-state index in [1.807, 2.05) is 12.1 Å². The lowest BCUT2D eigenvalue weighted by Crippen LogP contribution is -2.25. The normalized spacial score (nSPS) is 10.5. The second-order valence-corrected chi connectivity index (χ2v) is 4.02. The molecule has 0 aliphatic rings. The maximum atomic E-state index is 9.30. The first-order valence-corrected chi connectivity index (χ1v) is 4.86. The minimum Gasteiger partial charge on any atom is -0.447 e. The van der Waals surface area contributed by atoms with Gasteiger partial charge in [-0.1, -0.05) is 44.9 Å². The van der Waals surface area contributed by atoms with Gasteiger partial charge in [0.15, 0.2) is 0 Å². The van der Waals surface area contributed by atoms with E-state index in [0.29, 0.717) is 5.92 Å². The second-order valence-electron chi connectivity index (χ2n) is 4.02. The maximum absolute atomic E-state index is 9.30. The van der Waals surface area contributed by atoms with Gasteiger partial charge in [0.2, 0.25) is 0 Å². The summed E-state index contributed by atoms with van der Waals surface area (Å²) in [6.45, 7) is 5.86. The Balaban J connectivity index is 2.70. The van der Waals surface area contributed by atoms with E-state index in [9.17, 15) is 5.02 Å². The van der Waals surface area contributed by atoms with Crippen molar-refractivity contribution in [1.29, 1.82) is 0 Å². The summed E-state index contributed by atoms with van der Waals surface area (Å²) in [5.74, 6) is 0.692. The van der Waals surface area contributed by atoms with Crippen LogP contribution in [0.1, 0.15) is 19.4 Å². The zero-order valence-electron chi connectivity index (χ0n) is 8.62. The summed E-state index contributed by atoms with van der Waals surface area (Å²) in [7, 11) is 0. The molecule has 1 aromatic rings. The number of benzene rings is 1. The molecule has 13 heavy (non-hydrogen) atoms. The first-order chi connectivity index (χ1) is 6.09. The summed E-state index contributed by atoms with van der Waals surface area (Å²) in [4.78, 5) is 0. The van der Waals surface area contributed by atoms with E-state index in [2.05, 4.69) is 26.0 Å². The lowest BCUT2D eigenvalue weighted by atomic mass is 9.64. The molecule has 0 saturated carbocycles. The van der Waals surface area contributed by atoms with E-state index in [4.69, 9.17) is 0 Å². The molecule has 70 valence electrons. The van der Waals surface area contributed by atoms with Crippen LogP contribution in [0.25, 0.3) is 0 Å². The lowest BCUT2D eigenvalue weighted by molar-refractivity contribution is 0.594. The molecule has 1 nitrogen and oxygen atoms in total. The van der Waals surface area contributed by atoms with Gasteiger partial charge in [-0.2, -0.15) is 0 Å². The van der Waals surface area contributed by atoms with Crippen LogP contribution in [-0.4, -0.2) is 11.9 Å². The third-order valence-electron chi connectivity index (χ3n) is 2.11. The topological polar surface area (TPSA) is 20.2 Å². The van der Waals surface area contributed by atoms with E-state index in [0.717, 1.165) is 11.9 Å². The van der Waals surface area contributed by atoms with E-state index in [1.165, 1.54) is 5.56 Å². The van der Waals surface area contributed by atoms with E-state index < -0.39 is 0 Å². The van der Waals surface area contributed by atoms with Gasteiger partial charge in [-0.05, 0) is 23.4 Å². The summed E-state index contributed by atoms with van der Waals surface area (Å²) >= 11 is 0. The molecular weight excluding hydrogens is 159 g/mol. The van der Waals surface area contributed by atoms with Crippen molar-refractivity contribution >= 4 is 12.4 Å². The van der Waals surface area contributed by atoms with Crippen molar-refractivity contribution in [2.45, 2.75) is 27.1 Å². The van der Waals surface area contributed by atoms with Crippen molar-refractivity contribution in [3.8, 4) is 0 Å². The van der Waals surface area contributed by atoms with Crippen LogP contribution in [0.5, 0.6) is 0 Å². The van der Waals surface area contributed by atoms with E-state index >= 15 is 0 Å². The SMILES string of the molecule is CB(O)c1ccc(CC(C)C)cc1. The highest BCUT2D eigenvalue weighted by molar-refractivity contribution is 6.64. The van der Waals surface area contributed by atoms with Crippen LogP contribution in [0, 0.1) is 5.92 Å². The second kappa shape index (κ2) is 4.47. The summed E-state index contributed by atoms with van der Waals surface area (Å²) in [5.41, 5.74) is 2.34. The molecule has 0 bridgehead atoms. The van der Waals surface area contributed by atoms with Gasteiger partial charge >= 0.3 is 6.92 Å². The van der Waals surface area contributed by atoms with Gasteiger partial charge in [0, 0.05) is 0 Å². The molecule has 0 heterocycles. The van der Waals surface area contributed by atoms with Crippen LogP contribution < -0.4 is 5.46 Å². The molecule has 0 saturated heterocycles. The summed E-state index contributed by atoms with van der Waals surface area (Å²) in [6.07, 6.45) is 1.11. The van der Waals surface area contributed by atoms with Gasteiger partial charge in [0.1, 0.15) is 0 Å². The Morgan fingerprint density at radius 3 is 2.15 bits per heavy atom. The molecule has 0 atom stereocenters. The molecular formula is C11H17BO. The fraction of sp³-hybridized carbons (Fsp3) is 0.455. The molecule has 0 aliphatic heterocycles. The van der Waals surface area contributed by atoms with E-state index in [-0.39, 0.29) is 6.92 Å². The van der Waals surface area contributed by atoms with Crippen LogP contribution >= 0.6 is 0 Å². The van der Waals surface area contributed by atoms with Crippen molar-refractivity contribution in [1.82, 2.24) is 0 Å². The predicted molar refractivity (Wildman–Crippen MR) is 58.5 cm³/mol. The van der Waals surface area contributed by atoms with Gasteiger partial charge in [0.25, 0.3) is 0 Å². The van der Waals surface area contributed by atoms with Crippen molar-refractivity contribution in [3.05, 3.63) is 29.8 Å². The van der Waals surface area contributed by atoms with Crippen molar-refractivity contribution in [3.63, 3.8) is 0 Å². The predicted octanol–water partition coefficient (Wildman–Crippen LogP) is 1.71. The fourth-order valence-electron chi connectivity index (χ4n) is 1.40. The minimum absolute atomic E-state index is 0.354.